The van der Waals surface area contributed by atoms with E-state index in [4.69, 9.17) is 22.9 Å². The lowest BCUT2D eigenvalue weighted by Crippen LogP contribution is -2.62. The Kier molecular flexibility index (Phi) is 57.1. The quantitative estimate of drug-likeness (QED) is 0.0251. The van der Waals surface area contributed by atoms with E-state index >= 15 is 0 Å². The van der Waals surface area contributed by atoms with Crippen LogP contribution in [-0.2, 0) is 125 Å². The molecule has 790 valence electrons. The van der Waals surface area contributed by atoms with Crippen molar-refractivity contribution in [1.29, 1.82) is 0 Å². The molecule has 0 fully saturated rings. The van der Waals surface area contributed by atoms with Crippen molar-refractivity contribution in [2.75, 3.05) is 13.2 Å². The summed E-state index contributed by atoms with van der Waals surface area (Å²) in [6, 6.07) is -34.7. The fourth-order valence-corrected chi connectivity index (χ4v) is 12.8. The van der Waals surface area contributed by atoms with Gasteiger partial charge in [0.05, 0.1) is 44.2 Å². The predicted octanol–water partition coefficient (Wildman–Crippen LogP) is -12.4. The van der Waals surface area contributed by atoms with Crippen molar-refractivity contribution in [2.24, 2.45) is 40.7 Å². The van der Waals surface area contributed by atoms with Crippen LogP contribution in [0.15, 0.2) is 0 Å². The topological polar surface area (TPSA) is 975 Å². The average Bonchev–Trinajstić information content (AvgIpc) is 0.843. The molecule has 0 saturated heterocycles. The van der Waals surface area contributed by atoms with Crippen LogP contribution in [-0.4, -0.2) is 350 Å². The SMILES string of the molecule is CC(C)C[C@H](NC(=O)[C@H](C)NC(=O)[C@H](CO)NC(=O)[C@H](CCCCN)NC(=O)[C@H](CCC(=O)O)NC(=O)[C@H](CC(=O)O)NC(=O)[C@H](CCC(=O)O)NC(=O)[C@H](CC(C)C)NC(=O)[C@H](CCC(N)=O)NC(=O)[C@H](CC(=O)O)NC(=O)[C@@H](NC(=O)[C@H](CCC(=O)O)NC(=O)[C@H](C)NC(=O)[C@H](CCC(N)=O)NC(=O)[C@H](CC(C)C)NC(=O)[C@@H](NC(=O)[C@H](CC(=O)O)NC(=O)[C@@H](N)[C@@H](C)O)[C@@H](C)O)[C@@H](C)O)C(=O)O. The van der Waals surface area contributed by atoms with Gasteiger partial charge in [0.15, 0.2) is 0 Å². The highest BCUT2D eigenvalue weighted by Crippen LogP contribution is 2.16. The zero-order chi connectivity index (χ0) is 108. The summed E-state index contributed by atoms with van der Waals surface area (Å²) in [7, 11) is 0. The number of hydrogen-bond donors (Lipinski definition) is 32. The van der Waals surface area contributed by atoms with E-state index in [1.54, 1.807) is 27.7 Å². The average molecular weight is 2010 g/mol. The number of aliphatic hydroxyl groups excluding tert-OH is 4. The zero-order valence-electron chi connectivity index (χ0n) is 79.0. The Labute approximate surface area is 801 Å². The van der Waals surface area contributed by atoms with E-state index in [-0.39, 0.29) is 44.6 Å². The van der Waals surface area contributed by atoms with E-state index in [1.807, 2.05) is 21.3 Å². The number of unbranched alkanes of at least 4 members (excludes halogenated alkanes) is 1. The molecule has 0 aliphatic carbocycles. The molecule has 21 atom stereocenters. The summed E-state index contributed by atoms with van der Waals surface area (Å²) in [5, 5.41) is 146. The number of carboxylic acids is 7. The van der Waals surface area contributed by atoms with Gasteiger partial charge in [-0.2, -0.15) is 0 Å². The van der Waals surface area contributed by atoms with Crippen LogP contribution in [0.1, 0.15) is 198 Å². The van der Waals surface area contributed by atoms with Crippen LogP contribution in [0.25, 0.3) is 0 Å². The van der Waals surface area contributed by atoms with Crippen molar-refractivity contribution in [3.05, 3.63) is 0 Å². The van der Waals surface area contributed by atoms with Crippen molar-refractivity contribution < 1.29 is 181 Å². The van der Waals surface area contributed by atoms with Crippen LogP contribution in [0.4, 0.5) is 0 Å². The van der Waals surface area contributed by atoms with Gasteiger partial charge in [-0.05, 0) is 130 Å². The van der Waals surface area contributed by atoms with E-state index in [0.29, 0.717) is 0 Å². The molecule has 0 rings (SSSR count). The second-order valence-electron chi connectivity index (χ2n) is 34.3. The molecule has 0 heterocycles. The number of carboxylic acid groups (broad SMARTS) is 7. The highest BCUT2D eigenvalue weighted by atomic mass is 16.4. The number of hydrogen-bond acceptors (Lipinski definition) is 32. The van der Waals surface area contributed by atoms with Crippen LogP contribution in [0.2, 0.25) is 0 Å². The highest BCUT2D eigenvalue weighted by Gasteiger charge is 2.42. The molecule has 0 spiro atoms. The van der Waals surface area contributed by atoms with Crippen molar-refractivity contribution in [1.82, 2.24) is 90.4 Å². The van der Waals surface area contributed by atoms with Crippen molar-refractivity contribution in [3.8, 4) is 0 Å². The summed E-state index contributed by atoms with van der Waals surface area (Å²) in [6.45, 7) is 13.4. The summed E-state index contributed by atoms with van der Waals surface area (Å²) >= 11 is 0. The Hall–Kier alpha value is -14.0. The fourth-order valence-electron chi connectivity index (χ4n) is 12.8. The molecule has 58 nitrogen and oxygen atoms in total. The Balaban J connectivity index is 7.32. The van der Waals surface area contributed by atoms with Gasteiger partial charge in [-0.15, -0.1) is 0 Å². The standard InChI is InChI=1S/C82H135N21O37/c1-33(2)26-47(73(130)93-45(18-23-57(112)113)71(128)96-49(29-59(116)117)75(132)94-44(17-22-56(110)111)69(126)90-41(14-12-13-25-83)68(125)101-53(32-104)78(135)88-37(8)66(123)100-52(82(139)140)28-35(5)6)95-70(127)43(16-21-55(85)109)92-76(133)50(30-60(118)119)99-81(138)63(39(10)106)102-72(129)46(19-24-58(114)115)89-65(122)36(7)87-67(124)42(15-20-54(84)108)91-74(131)48(27-34(3)4)98-80(137)64(40(11)107)103-77(134)51(31-61(120)121)97-79(136)62(86)38(9)105/h33-53,62-64,104-107H,12-32,83,86H2,1-11H3,(H2,84,108)(H2,85,109)(H,87,124)(H,88,135)(H,89,122)(H,90,126)(H,91,131)(H,92,133)(H,93,130)(H,94,132)(H,95,127)(H,96,128)(H,97,136)(H,98,137)(H,99,138)(H,100,123)(H,101,125)(H,102,129)(H,103,134)(H,110,111)(H,112,113)(H,114,115)(H,116,117)(H,118,119)(H,120,121)(H,139,140)/t36-,37-,38+,39+,40+,41-,42-,43-,44-,45-,46-,47-,48-,49-,50-,51-,52-,53-,62-,63-,64-/m0/s1. The molecule has 0 aromatic carbocycles. The fraction of sp³-hybridized carbons (Fsp3) is 0.683. The third-order valence-corrected chi connectivity index (χ3v) is 20.3. The number of aliphatic hydroxyl groups is 4. The molecule has 140 heavy (non-hydrogen) atoms. The smallest absolute Gasteiger partial charge is 0.326 e. The number of nitrogens with one attached hydrogen (secondary N) is 17. The first kappa shape index (κ1) is 126. The Morgan fingerprint density at radius 3 is 0.757 bits per heavy atom. The van der Waals surface area contributed by atoms with E-state index < -0.39 is 389 Å². The molecule has 0 aromatic heterocycles. The summed E-state index contributed by atoms with van der Waals surface area (Å²) in [6.07, 6.45) is -18.5. The van der Waals surface area contributed by atoms with Crippen molar-refractivity contribution in [3.63, 3.8) is 0 Å². The van der Waals surface area contributed by atoms with Gasteiger partial charge in [0.1, 0.15) is 109 Å². The monoisotopic (exact) mass is 2010 g/mol. The summed E-state index contributed by atoms with van der Waals surface area (Å²) in [5.74, 6) is -38.1. The lowest BCUT2D eigenvalue weighted by molar-refractivity contribution is -0.143. The second kappa shape index (κ2) is 63.5. The summed E-state index contributed by atoms with van der Waals surface area (Å²) in [5.41, 5.74) is 22.0. The number of primary amides is 2. The summed E-state index contributed by atoms with van der Waals surface area (Å²) < 4.78 is 0. The maximum Gasteiger partial charge on any atom is 0.326 e. The largest absolute Gasteiger partial charge is 0.481 e. The maximum atomic E-state index is 14.5. The van der Waals surface area contributed by atoms with Gasteiger partial charge >= 0.3 is 41.8 Å². The van der Waals surface area contributed by atoms with E-state index in [9.17, 15) is 181 Å². The normalized spacial score (nSPS) is 15.7. The zero-order valence-corrected chi connectivity index (χ0v) is 79.0. The van der Waals surface area contributed by atoms with Gasteiger partial charge < -0.3 is 169 Å². The molecule has 0 aliphatic rings. The third-order valence-electron chi connectivity index (χ3n) is 20.3. The minimum atomic E-state index is -2.37. The second-order valence-corrected chi connectivity index (χ2v) is 34.3. The predicted molar refractivity (Wildman–Crippen MR) is 477 cm³/mol. The number of nitrogens with two attached hydrogens (primary N) is 4. The van der Waals surface area contributed by atoms with Crippen LogP contribution < -0.4 is 113 Å². The first-order valence-corrected chi connectivity index (χ1v) is 44.3. The number of aliphatic carboxylic acids is 7. The lowest BCUT2D eigenvalue weighted by atomic mass is 10.0. The van der Waals surface area contributed by atoms with Gasteiger partial charge in [0.2, 0.25) is 112 Å². The molecular weight excluding hydrogens is 1870 g/mol. The van der Waals surface area contributed by atoms with E-state index in [2.05, 4.69) is 69.1 Å². The van der Waals surface area contributed by atoms with Crippen LogP contribution in [0.5, 0.6) is 0 Å². The van der Waals surface area contributed by atoms with E-state index in [0.717, 1.165) is 34.6 Å². The van der Waals surface area contributed by atoms with Gasteiger partial charge in [-0.25, -0.2) is 4.79 Å². The number of amides is 19. The Morgan fingerprint density at radius 2 is 0.471 bits per heavy atom. The minimum absolute atomic E-state index is 0.00381. The van der Waals surface area contributed by atoms with Crippen molar-refractivity contribution >= 4 is 154 Å². The Bertz CT molecular complexity index is 4360. The maximum absolute atomic E-state index is 14.5. The molecule has 0 aromatic rings. The molecule has 0 radical (unpaired) electrons. The van der Waals surface area contributed by atoms with Crippen molar-refractivity contribution in [2.45, 2.75) is 325 Å². The third kappa shape index (κ3) is 49.8. The molecule has 36 N–H and O–H groups in total. The molecule has 19 amide bonds. The highest BCUT2D eigenvalue weighted by molar-refractivity contribution is 6.03. The number of carbonyl (C=O) groups is 26. The molecule has 0 unspecified atom stereocenters. The molecule has 58 heteroatoms. The summed E-state index contributed by atoms with van der Waals surface area (Å²) in [4.78, 5) is 345. The molecular formula is C82H135N21O37. The van der Waals surface area contributed by atoms with Crippen LogP contribution in [0.3, 0.4) is 0 Å². The van der Waals surface area contributed by atoms with Gasteiger partial charge in [-0.1, -0.05) is 41.5 Å². The van der Waals surface area contributed by atoms with Crippen LogP contribution >= 0.6 is 0 Å². The van der Waals surface area contributed by atoms with Gasteiger partial charge in [-0.3, -0.25) is 120 Å². The van der Waals surface area contributed by atoms with Gasteiger partial charge in [0.25, 0.3) is 0 Å². The van der Waals surface area contributed by atoms with Gasteiger partial charge in [0, 0.05) is 32.1 Å². The lowest BCUT2D eigenvalue weighted by Gasteiger charge is -2.29. The Morgan fingerprint density at radius 1 is 0.243 bits per heavy atom. The first-order valence-electron chi connectivity index (χ1n) is 44.3. The molecule has 0 saturated carbocycles. The first-order chi connectivity index (χ1) is 65.0. The number of carbonyl (C=O) groups excluding carboxylic acids is 19. The molecule has 0 bridgehead atoms. The van der Waals surface area contributed by atoms with E-state index in [1.165, 1.54) is 13.8 Å². The number of rotatable bonds is 70. The molecule has 0 aliphatic heterocycles. The van der Waals surface area contributed by atoms with Crippen LogP contribution in [0, 0.1) is 17.8 Å². The minimum Gasteiger partial charge on any atom is -0.481 e.